The quantitative estimate of drug-likeness (QED) is 0.119. The Hall–Kier alpha value is -5.29. The number of carbonyl (C=O) groups excluding carboxylic acids is 3. The van der Waals surface area contributed by atoms with E-state index in [1.807, 2.05) is 4.72 Å². The van der Waals surface area contributed by atoms with Crippen LogP contribution in [-0.4, -0.2) is 62.4 Å². The molecule has 0 aliphatic carbocycles. The maximum absolute atomic E-state index is 15.6. The van der Waals surface area contributed by atoms with E-state index in [1.54, 1.807) is 18.6 Å². The minimum atomic E-state index is -5.14. The van der Waals surface area contributed by atoms with Crippen LogP contribution in [0.1, 0.15) is 21.1 Å². The van der Waals surface area contributed by atoms with Crippen molar-refractivity contribution in [3.63, 3.8) is 0 Å². The van der Waals surface area contributed by atoms with E-state index in [-0.39, 0.29) is 47.0 Å². The van der Waals surface area contributed by atoms with Crippen molar-refractivity contribution in [2.24, 2.45) is 0 Å². The summed E-state index contributed by atoms with van der Waals surface area (Å²) in [7, 11) is -2.87. The fourth-order valence-corrected chi connectivity index (χ4v) is 8.75. The summed E-state index contributed by atoms with van der Waals surface area (Å²) in [6.07, 6.45) is -1.32. The Kier molecular flexibility index (Phi) is 13.6. The Morgan fingerprint density at radius 2 is 1.05 bits per heavy atom. The van der Waals surface area contributed by atoms with Crippen LogP contribution < -0.4 is 24.6 Å². The summed E-state index contributed by atoms with van der Waals surface area (Å²) in [5.74, 6) is -8.12. The van der Waals surface area contributed by atoms with Gasteiger partial charge in [0.15, 0.2) is 11.6 Å². The van der Waals surface area contributed by atoms with Gasteiger partial charge in [-0.05, 0) is 79.9 Å². The van der Waals surface area contributed by atoms with Crippen molar-refractivity contribution in [2.45, 2.75) is 38.8 Å². The number of aromatic nitrogens is 2. The standard InChI is InChI=1S/C37H31F6N7O5S3.H2S/c1-17-44-33-29(56-17)7-5-27(31(33)42)49(3)35(51)25(13-19-9-21(38)15-22(39)10-19)46-37(53)48-58(54,55)47-26(14-20-11-23(40)16-24(41)12-20)36(52)50(4)28-6-8-30-34(32(28)43)45-18(2)57-30;/h5-12,15-16,25-26,47H,13-14H2,1-4H3,(H2,46,48,53);1H2/t25-,26-;/m0./s1. The van der Waals surface area contributed by atoms with E-state index >= 15 is 8.78 Å². The molecule has 6 rings (SSSR count). The first-order chi connectivity index (χ1) is 27.3. The van der Waals surface area contributed by atoms with Gasteiger partial charge in [0, 0.05) is 32.6 Å². The SMILES string of the molecule is Cc1nc2c(F)c(N(C)C(=O)[C@H](Cc3cc(F)cc(F)c3)NC(=O)NS(=O)(=O)N[C@@H](Cc3cc(F)cc(F)c3)C(=O)N(C)c3ccc4sc(C)nc4c3F)ccc2s1.S. The highest BCUT2D eigenvalue weighted by Gasteiger charge is 2.33. The number of hydrogen-bond acceptors (Lipinski definition) is 9. The van der Waals surface area contributed by atoms with Crippen molar-refractivity contribution in [3.8, 4) is 0 Å². The van der Waals surface area contributed by atoms with Gasteiger partial charge in [0.25, 0.3) is 0 Å². The van der Waals surface area contributed by atoms with E-state index in [0.29, 0.717) is 31.5 Å². The van der Waals surface area contributed by atoms with Crippen LogP contribution in [-0.2, 0) is 32.6 Å². The minimum Gasteiger partial charge on any atom is -0.325 e. The maximum Gasteiger partial charge on any atom is 0.330 e. The number of carbonyl (C=O) groups is 3. The lowest BCUT2D eigenvalue weighted by Gasteiger charge is -2.26. The van der Waals surface area contributed by atoms with Gasteiger partial charge in [-0.3, -0.25) is 9.59 Å². The first-order valence-electron chi connectivity index (χ1n) is 17.0. The van der Waals surface area contributed by atoms with Crippen molar-refractivity contribution in [1.82, 2.24) is 24.7 Å². The Labute approximate surface area is 347 Å². The largest absolute Gasteiger partial charge is 0.330 e. The van der Waals surface area contributed by atoms with Gasteiger partial charge >= 0.3 is 16.2 Å². The number of rotatable bonds is 12. The number of thiazole rings is 2. The summed E-state index contributed by atoms with van der Waals surface area (Å²) in [6, 6.07) is 4.73. The van der Waals surface area contributed by atoms with Gasteiger partial charge in [-0.25, -0.2) is 45.8 Å². The molecule has 12 nitrogen and oxygen atoms in total. The molecule has 0 radical (unpaired) electrons. The topological polar surface area (TPSA) is 154 Å². The van der Waals surface area contributed by atoms with Crippen molar-refractivity contribution in [1.29, 1.82) is 0 Å². The minimum absolute atomic E-state index is 0. The lowest BCUT2D eigenvalue weighted by atomic mass is 10.0. The van der Waals surface area contributed by atoms with E-state index in [4.69, 9.17) is 0 Å². The second kappa shape index (κ2) is 17.9. The summed E-state index contributed by atoms with van der Waals surface area (Å²) < 4.78 is 119. The third kappa shape index (κ3) is 10.3. The molecule has 0 fully saturated rings. The van der Waals surface area contributed by atoms with Crippen LogP contribution in [0.4, 0.5) is 42.5 Å². The first-order valence-corrected chi connectivity index (χ1v) is 20.1. The van der Waals surface area contributed by atoms with Crippen LogP contribution in [0.5, 0.6) is 0 Å². The van der Waals surface area contributed by atoms with Gasteiger partial charge in [0.05, 0.1) is 30.8 Å². The van der Waals surface area contributed by atoms with Crippen molar-refractivity contribution < 1.29 is 49.1 Å². The van der Waals surface area contributed by atoms with E-state index in [0.717, 1.165) is 48.2 Å². The Balaban J connectivity index is 0.00000661. The number of nitrogens with zero attached hydrogens (tertiary/aromatic N) is 4. The number of benzene rings is 4. The fraction of sp³-hybridized carbons (Fsp3) is 0.216. The third-order valence-corrected chi connectivity index (χ3v) is 11.6. The summed E-state index contributed by atoms with van der Waals surface area (Å²) >= 11 is 2.39. The van der Waals surface area contributed by atoms with Gasteiger partial charge in [0.1, 0.15) is 46.4 Å². The summed E-state index contributed by atoms with van der Waals surface area (Å²) in [4.78, 5) is 50.9. The van der Waals surface area contributed by atoms with Crippen LogP contribution >= 0.6 is 36.2 Å². The lowest BCUT2D eigenvalue weighted by Crippen LogP contribution is -2.57. The van der Waals surface area contributed by atoms with Crippen molar-refractivity contribution >= 4 is 96.0 Å². The van der Waals surface area contributed by atoms with Crippen molar-refractivity contribution in [2.75, 3.05) is 23.9 Å². The average Bonchev–Trinajstić information content (AvgIpc) is 3.71. The van der Waals surface area contributed by atoms with E-state index in [2.05, 4.69) is 15.3 Å². The zero-order chi connectivity index (χ0) is 42.2. The fourth-order valence-electron chi connectivity index (χ4n) is 6.18. The number of halogens is 6. The number of nitrogens with one attached hydrogen (secondary N) is 3. The summed E-state index contributed by atoms with van der Waals surface area (Å²) in [5, 5.41) is 3.19. The first kappa shape index (κ1) is 44.8. The molecule has 2 atom stereocenters. The van der Waals surface area contributed by atoms with E-state index in [9.17, 15) is 40.4 Å². The van der Waals surface area contributed by atoms with E-state index < -0.39 is 87.9 Å². The second-order valence-electron chi connectivity index (χ2n) is 13.0. The number of amides is 4. The zero-order valence-corrected chi connectivity index (χ0v) is 34.6. The molecule has 0 aliphatic heterocycles. The lowest BCUT2D eigenvalue weighted by molar-refractivity contribution is -0.120. The molecular weight excluding hydrogens is 865 g/mol. The molecule has 3 N–H and O–H groups in total. The number of aryl methyl sites for hydroxylation is 2. The Morgan fingerprint density at radius 3 is 1.47 bits per heavy atom. The molecule has 312 valence electrons. The molecule has 0 unspecified atom stereocenters. The summed E-state index contributed by atoms with van der Waals surface area (Å²) in [5.41, 5.74) is -1.04. The van der Waals surface area contributed by atoms with Gasteiger partial charge in [-0.1, -0.05) is 0 Å². The van der Waals surface area contributed by atoms with Crippen LogP contribution in [0.15, 0.2) is 60.7 Å². The van der Waals surface area contributed by atoms with Gasteiger partial charge in [-0.2, -0.15) is 26.6 Å². The number of urea groups is 1. The van der Waals surface area contributed by atoms with Gasteiger partial charge in [0.2, 0.25) is 11.8 Å². The highest BCUT2D eigenvalue weighted by molar-refractivity contribution is 7.88. The van der Waals surface area contributed by atoms with Gasteiger partial charge < -0.3 is 15.1 Å². The second-order valence-corrected chi connectivity index (χ2v) is 16.9. The molecule has 2 heterocycles. The molecule has 0 aliphatic rings. The molecule has 6 aromatic rings. The third-order valence-electron chi connectivity index (χ3n) is 8.71. The number of hydrogen-bond donors (Lipinski definition) is 3. The Bertz CT molecular complexity index is 2680. The smallest absolute Gasteiger partial charge is 0.325 e. The van der Waals surface area contributed by atoms with Crippen LogP contribution in [0.25, 0.3) is 20.4 Å². The van der Waals surface area contributed by atoms with E-state index in [1.165, 1.54) is 46.9 Å². The molecule has 59 heavy (non-hydrogen) atoms. The van der Waals surface area contributed by atoms with Gasteiger partial charge in [-0.15, -0.1) is 22.7 Å². The van der Waals surface area contributed by atoms with Crippen molar-refractivity contribution in [3.05, 3.63) is 117 Å². The van der Waals surface area contributed by atoms with Crippen LogP contribution in [0.3, 0.4) is 0 Å². The monoisotopic (exact) mass is 897 g/mol. The van der Waals surface area contributed by atoms with Crippen LogP contribution in [0.2, 0.25) is 0 Å². The molecule has 22 heteroatoms. The molecule has 0 saturated heterocycles. The number of fused-ring (bicyclic) bond motifs is 2. The molecule has 2 aromatic heterocycles. The molecule has 0 spiro atoms. The molecule has 0 saturated carbocycles. The number of likely N-dealkylation sites (N-methyl/N-ethyl adjacent to an activating group) is 2. The average molecular weight is 898 g/mol. The summed E-state index contributed by atoms with van der Waals surface area (Å²) in [6.45, 7) is 3.30. The molecule has 4 aromatic carbocycles. The highest BCUT2D eigenvalue weighted by atomic mass is 32.2. The maximum atomic E-state index is 15.6. The molecular formula is C37H33F6N7O5S4. The number of anilines is 2. The predicted molar refractivity (Wildman–Crippen MR) is 217 cm³/mol. The normalized spacial score (nSPS) is 12.5. The highest BCUT2D eigenvalue weighted by Crippen LogP contribution is 2.32. The van der Waals surface area contributed by atoms with Crippen LogP contribution in [0, 0.1) is 48.8 Å². The predicted octanol–water partition coefficient (Wildman–Crippen LogP) is 6.45. The zero-order valence-electron chi connectivity index (χ0n) is 31.2. The molecule has 4 amide bonds. The Morgan fingerprint density at radius 1 is 0.661 bits per heavy atom. The molecule has 0 bridgehead atoms.